The van der Waals surface area contributed by atoms with Crippen molar-refractivity contribution in [3.05, 3.63) is 0 Å². The molecule has 0 heterocycles. The number of hydrogen-bond acceptors (Lipinski definition) is 3. The van der Waals surface area contributed by atoms with Crippen molar-refractivity contribution >= 4 is 43.9 Å². The van der Waals surface area contributed by atoms with Crippen molar-refractivity contribution < 1.29 is 25.5 Å². The average Bonchev–Trinajstić information content (AvgIpc) is 1.41. The van der Waals surface area contributed by atoms with Crippen molar-refractivity contribution in [1.82, 2.24) is 0 Å². The van der Waals surface area contributed by atoms with Crippen molar-refractivity contribution in [3.63, 3.8) is 0 Å². The normalized spacial score (nSPS) is 4.29. The van der Waals surface area contributed by atoms with E-state index in [0.29, 0.717) is 0 Å². The first-order valence-corrected chi connectivity index (χ1v) is 0.818. The average molecular weight is 134 g/mol. The maximum atomic E-state index is 8.56. The molecule has 0 amide bonds. The van der Waals surface area contributed by atoms with Gasteiger partial charge in [-0.05, 0) is 0 Å². The molecule has 0 saturated heterocycles. The summed E-state index contributed by atoms with van der Waals surface area (Å²) < 4.78 is 0. The molecule has 0 rings (SSSR count). The second-order valence-corrected chi connectivity index (χ2v) is 0.283. The predicted octanol–water partition coefficient (Wildman–Crippen LogP) is -2.54. The summed E-state index contributed by atoms with van der Waals surface area (Å²) >= 11 is 0. The van der Waals surface area contributed by atoms with Crippen LogP contribution in [0.3, 0.4) is 0 Å². The van der Waals surface area contributed by atoms with Gasteiger partial charge in [-0.3, -0.25) is 0 Å². The number of carbonyl (C=O) groups is 1. The Morgan fingerprint density at radius 3 is 1.29 bits per heavy atom. The van der Waals surface area contributed by atoms with Gasteiger partial charge in [0.05, 0.1) is 0 Å². The van der Waals surface area contributed by atoms with Gasteiger partial charge < -0.3 is 20.7 Å². The number of carboxylic acid groups (broad SMARTS) is 2. The molecule has 2 N–H and O–H groups in total. The molecule has 38 valence electrons. The van der Waals surface area contributed by atoms with E-state index in [4.69, 9.17) is 25.5 Å². The van der Waals surface area contributed by atoms with Crippen molar-refractivity contribution in [2.75, 3.05) is 0 Å². The third-order valence-corrected chi connectivity index (χ3v) is 0. The van der Waals surface area contributed by atoms with Gasteiger partial charge in [-0.2, -0.15) is 0 Å². The molecule has 0 atom stereocenters. The maximum absolute atomic E-state index is 8.56. The van der Waals surface area contributed by atoms with Crippen LogP contribution in [0.15, 0.2) is 0 Å². The summed E-state index contributed by atoms with van der Waals surface area (Å²) in [7, 11) is 0. The largest absolute Gasteiger partial charge is 2.00 e. The Bertz CT molecular complexity index is 31.1. The summed E-state index contributed by atoms with van der Waals surface area (Å²) in [6, 6.07) is 0. The van der Waals surface area contributed by atoms with E-state index in [0.717, 1.165) is 0 Å². The monoisotopic (exact) mass is 134 g/mol. The zero-order valence-electron chi connectivity index (χ0n) is 3.33. The molecular weight excluding hydrogens is 132 g/mol. The Hall–Kier alpha value is 0.450. The molecule has 0 bridgehead atoms. The molecule has 6 heteroatoms. The topological polar surface area (TPSA) is 104 Å². The predicted molar refractivity (Wildman–Crippen MR) is 16.4 cm³/mol. The van der Waals surface area contributed by atoms with E-state index in [2.05, 4.69) is 0 Å². The molecule has 0 spiro atoms. The third kappa shape index (κ3) is 631. The summed E-state index contributed by atoms with van der Waals surface area (Å²) in [6.07, 6.45) is -1.83. The van der Waals surface area contributed by atoms with Gasteiger partial charge in [0.1, 0.15) is 0 Å². The molecule has 0 fully saturated rings. The Labute approximate surface area is 69.1 Å². The zero-order valence-corrected chi connectivity index (χ0v) is 5.53. The fourth-order valence-electron chi connectivity index (χ4n) is 0. The molecule has 0 aliphatic carbocycles. The van der Waals surface area contributed by atoms with Gasteiger partial charge in [-0.15, -0.1) is 0 Å². The van der Waals surface area contributed by atoms with Crippen LogP contribution in [0.25, 0.3) is 0 Å². The van der Waals surface area contributed by atoms with E-state index >= 15 is 0 Å². The molecular formula is CH2CaO5. The SMILES string of the molecule is O=C(O)O.[Ca+2].[O-][O-]. The molecule has 0 aliphatic heterocycles. The fourth-order valence-corrected chi connectivity index (χ4v) is 0. The van der Waals surface area contributed by atoms with Crippen LogP contribution in [0, 0.1) is 0 Å². The minimum Gasteiger partial charge on any atom is -1.00 e. The standard InChI is InChI=1S/CH2O3.Ca.O2/c2-1(3)4;;1-2/h(H2,2,3,4);;/q;+2;-2. The summed E-state index contributed by atoms with van der Waals surface area (Å²) in [5, 5.41) is 27.9. The van der Waals surface area contributed by atoms with E-state index in [1.54, 1.807) is 0 Å². The van der Waals surface area contributed by atoms with Crippen LogP contribution in [-0.4, -0.2) is 54.1 Å². The van der Waals surface area contributed by atoms with Crippen LogP contribution in [0.5, 0.6) is 0 Å². The Kier molecular flexibility index (Phi) is 36.0. The van der Waals surface area contributed by atoms with Crippen LogP contribution in [-0.2, 0) is 0 Å². The van der Waals surface area contributed by atoms with Crippen LogP contribution < -0.4 is 10.5 Å². The Morgan fingerprint density at radius 2 is 1.29 bits per heavy atom. The molecule has 0 aromatic heterocycles. The van der Waals surface area contributed by atoms with Crippen molar-refractivity contribution in [1.29, 1.82) is 0 Å². The minimum absolute atomic E-state index is 0. The smallest absolute Gasteiger partial charge is 1.00 e. The van der Waals surface area contributed by atoms with E-state index < -0.39 is 6.16 Å². The van der Waals surface area contributed by atoms with Gasteiger partial charge in [-0.25, -0.2) is 4.79 Å². The molecule has 0 aliphatic rings. The van der Waals surface area contributed by atoms with Gasteiger partial charge >= 0.3 is 43.9 Å². The van der Waals surface area contributed by atoms with E-state index in [1.165, 1.54) is 0 Å². The van der Waals surface area contributed by atoms with E-state index in [1.807, 2.05) is 0 Å². The Balaban J connectivity index is -0.0000000480. The second-order valence-electron chi connectivity index (χ2n) is 0.283. The van der Waals surface area contributed by atoms with Gasteiger partial charge in [0.2, 0.25) is 0 Å². The molecule has 0 unspecified atom stereocenters. The van der Waals surface area contributed by atoms with Gasteiger partial charge in [0.25, 0.3) is 0 Å². The van der Waals surface area contributed by atoms with Crippen LogP contribution in [0.2, 0.25) is 0 Å². The summed E-state index contributed by atoms with van der Waals surface area (Å²) in [6.45, 7) is 0. The van der Waals surface area contributed by atoms with Gasteiger partial charge in [-0.1, -0.05) is 0 Å². The molecule has 5 nitrogen and oxygen atoms in total. The summed E-state index contributed by atoms with van der Waals surface area (Å²) in [5.41, 5.74) is 0. The van der Waals surface area contributed by atoms with E-state index in [9.17, 15) is 0 Å². The third-order valence-electron chi connectivity index (χ3n) is 0. The molecule has 0 radical (unpaired) electrons. The first-order chi connectivity index (χ1) is 2.73. The first kappa shape index (κ1) is 15.7. The minimum atomic E-state index is -1.83. The first-order valence-electron chi connectivity index (χ1n) is 0.818. The van der Waals surface area contributed by atoms with Crippen LogP contribution >= 0.6 is 0 Å². The van der Waals surface area contributed by atoms with Crippen molar-refractivity contribution in [2.45, 2.75) is 0 Å². The van der Waals surface area contributed by atoms with Crippen molar-refractivity contribution in [3.8, 4) is 0 Å². The zero-order chi connectivity index (χ0) is 5.58. The second kappa shape index (κ2) is 16.1. The van der Waals surface area contributed by atoms with Gasteiger partial charge in [0.15, 0.2) is 0 Å². The number of hydrogen-bond donors (Lipinski definition) is 2. The van der Waals surface area contributed by atoms with Crippen LogP contribution in [0.4, 0.5) is 4.79 Å². The van der Waals surface area contributed by atoms with Crippen molar-refractivity contribution in [2.24, 2.45) is 0 Å². The molecule has 0 aromatic rings. The molecule has 0 aromatic carbocycles. The summed E-state index contributed by atoms with van der Waals surface area (Å²) in [5.74, 6) is 0. The molecule has 0 saturated carbocycles. The number of rotatable bonds is 0. The quantitative estimate of drug-likeness (QED) is 0.216. The van der Waals surface area contributed by atoms with E-state index in [-0.39, 0.29) is 37.7 Å². The Morgan fingerprint density at radius 1 is 1.29 bits per heavy atom. The molecule has 7 heavy (non-hydrogen) atoms. The van der Waals surface area contributed by atoms with Crippen LogP contribution in [0.1, 0.15) is 0 Å². The maximum Gasteiger partial charge on any atom is 2.00 e. The van der Waals surface area contributed by atoms with Gasteiger partial charge in [0, 0.05) is 0 Å². The fraction of sp³-hybridized carbons (Fsp3) is 0. The summed E-state index contributed by atoms with van der Waals surface area (Å²) in [4.78, 5) is 8.56.